The third-order valence-corrected chi connectivity index (χ3v) is 7.09. The van der Waals surface area contributed by atoms with E-state index in [4.69, 9.17) is 16.1 Å². The van der Waals surface area contributed by atoms with Crippen LogP contribution < -0.4 is 5.32 Å². The fraction of sp³-hybridized carbons (Fsp3) is 0.364. The first-order chi connectivity index (χ1) is 14.7. The Morgan fingerprint density at radius 3 is 2.97 bits per heavy atom. The second kappa shape index (κ2) is 6.89. The molecule has 0 atom stereocenters. The lowest BCUT2D eigenvalue weighted by molar-refractivity contribution is 0.342. The van der Waals surface area contributed by atoms with E-state index in [0.29, 0.717) is 12.5 Å². The third kappa shape index (κ3) is 2.84. The fourth-order valence-electron chi connectivity index (χ4n) is 4.83. The van der Waals surface area contributed by atoms with Crippen LogP contribution in [0.4, 0.5) is 0 Å². The number of benzene rings is 1. The van der Waals surface area contributed by atoms with Gasteiger partial charge in [0.2, 0.25) is 0 Å². The van der Waals surface area contributed by atoms with E-state index < -0.39 is 0 Å². The summed E-state index contributed by atoms with van der Waals surface area (Å²) < 4.78 is 7.53. The number of fused-ring (bicyclic) bond motifs is 4. The van der Waals surface area contributed by atoms with Crippen LogP contribution in [-0.2, 0) is 18.0 Å². The first-order valence-electron chi connectivity index (χ1n) is 10.3. The van der Waals surface area contributed by atoms with Gasteiger partial charge < -0.3 is 9.84 Å². The lowest BCUT2D eigenvalue weighted by Crippen LogP contribution is -2.26. The Hall–Kier alpha value is -2.77. The standard InChI is InChI=1S/C22H21ClN6O/c23-22(7-5-14(6-8-22)20-21-18(30-28-20)2-1-9-25-21)16-3-4-17-15(10-16)11-24-12-19-27-26-13-29(17)19/h1-4,9-10,13-14,24H,5-8,11-12H2. The number of aromatic nitrogens is 5. The van der Waals surface area contributed by atoms with E-state index in [9.17, 15) is 0 Å². The van der Waals surface area contributed by atoms with Gasteiger partial charge >= 0.3 is 0 Å². The highest BCUT2D eigenvalue weighted by atomic mass is 35.5. The maximum Gasteiger partial charge on any atom is 0.185 e. The number of alkyl halides is 1. The van der Waals surface area contributed by atoms with Crippen molar-refractivity contribution >= 4 is 22.7 Å². The second-order valence-corrected chi connectivity index (χ2v) is 8.95. The molecule has 1 aliphatic heterocycles. The Bertz CT molecular complexity index is 1220. The Kier molecular flexibility index (Phi) is 4.14. The van der Waals surface area contributed by atoms with Crippen molar-refractivity contribution in [2.45, 2.75) is 49.6 Å². The highest BCUT2D eigenvalue weighted by Gasteiger charge is 2.37. The predicted molar refractivity (Wildman–Crippen MR) is 112 cm³/mol. The Morgan fingerprint density at radius 1 is 1.17 bits per heavy atom. The van der Waals surface area contributed by atoms with E-state index in [-0.39, 0.29) is 4.87 Å². The molecule has 0 saturated heterocycles. The molecule has 30 heavy (non-hydrogen) atoms. The molecule has 0 amide bonds. The molecule has 2 aliphatic rings. The fourth-order valence-corrected chi connectivity index (χ4v) is 5.17. The number of rotatable bonds is 2. The van der Waals surface area contributed by atoms with Crippen LogP contribution in [0.15, 0.2) is 47.4 Å². The molecule has 4 heterocycles. The molecule has 4 aromatic rings. The van der Waals surface area contributed by atoms with E-state index in [0.717, 1.165) is 60.5 Å². The molecule has 1 aromatic carbocycles. The van der Waals surface area contributed by atoms with E-state index in [1.165, 1.54) is 11.1 Å². The molecule has 152 valence electrons. The van der Waals surface area contributed by atoms with E-state index in [1.807, 2.05) is 12.1 Å². The van der Waals surface area contributed by atoms with Gasteiger partial charge in [-0.2, -0.15) is 0 Å². The number of nitrogens with one attached hydrogen (secondary N) is 1. The first-order valence-corrected chi connectivity index (χ1v) is 10.7. The Balaban J connectivity index is 1.27. The summed E-state index contributed by atoms with van der Waals surface area (Å²) in [5.41, 5.74) is 6.13. The molecule has 3 aromatic heterocycles. The minimum Gasteiger partial charge on any atom is -0.354 e. The maximum atomic E-state index is 7.20. The number of halogens is 1. The molecule has 1 N–H and O–H groups in total. The van der Waals surface area contributed by atoms with Crippen LogP contribution in [0, 0.1) is 0 Å². The lowest BCUT2D eigenvalue weighted by Gasteiger charge is -2.35. The third-order valence-electron chi connectivity index (χ3n) is 6.49. The molecule has 6 rings (SSSR count). The van der Waals surface area contributed by atoms with Crippen molar-refractivity contribution in [1.82, 2.24) is 30.2 Å². The zero-order valence-electron chi connectivity index (χ0n) is 16.4. The van der Waals surface area contributed by atoms with Crippen molar-refractivity contribution in [2.24, 2.45) is 0 Å². The second-order valence-electron chi connectivity index (χ2n) is 8.22. The van der Waals surface area contributed by atoms with Gasteiger partial charge in [0.1, 0.15) is 17.5 Å². The summed E-state index contributed by atoms with van der Waals surface area (Å²) >= 11 is 7.20. The average Bonchev–Trinajstić information content (AvgIpc) is 3.38. The topological polar surface area (TPSA) is 81.7 Å². The van der Waals surface area contributed by atoms with Gasteiger partial charge in [-0.3, -0.25) is 9.55 Å². The smallest absolute Gasteiger partial charge is 0.185 e. The lowest BCUT2D eigenvalue weighted by atomic mass is 9.76. The Labute approximate surface area is 178 Å². The van der Waals surface area contributed by atoms with Crippen molar-refractivity contribution in [2.75, 3.05) is 0 Å². The van der Waals surface area contributed by atoms with Gasteiger partial charge in [-0.15, -0.1) is 21.8 Å². The number of nitrogens with zero attached hydrogens (tertiary/aromatic N) is 5. The van der Waals surface area contributed by atoms with E-state index in [1.54, 1.807) is 12.5 Å². The van der Waals surface area contributed by atoms with Crippen molar-refractivity contribution in [1.29, 1.82) is 0 Å². The number of hydrogen-bond acceptors (Lipinski definition) is 6. The van der Waals surface area contributed by atoms with Crippen LogP contribution in [0.25, 0.3) is 16.8 Å². The summed E-state index contributed by atoms with van der Waals surface area (Å²) in [6.07, 6.45) is 7.29. The van der Waals surface area contributed by atoms with Crippen molar-refractivity contribution in [3.63, 3.8) is 0 Å². The van der Waals surface area contributed by atoms with Crippen LogP contribution in [0.3, 0.4) is 0 Å². The average molecular weight is 421 g/mol. The van der Waals surface area contributed by atoms with Gasteiger partial charge in [-0.05, 0) is 55.0 Å². The van der Waals surface area contributed by atoms with Crippen LogP contribution in [0.2, 0.25) is 0 Å². The highest BCUT2D eigenvalue weighted by molar-refractivity contribution is 6.24. The molecule has 0 unspecified atom stereocenters. The zero-order valence-corrected chi connectivity index (χ0v) is 17.1. The zero-order chi connectivity index (χ0) is 20.1. The summed E-state index contributed by atoms with van der Waals surface area (Å²) in [4.78, 5) is 4.11. The first kappa shape index (κ1) is 18.0. The predicted octanol–water partition coefficient (Wildman–Crippen LogP) is 4.20. The van der Waals surface area contributed by atoms with Crippen LogP contribution in [0.1, 0.15) is 54.2 Å². The maximum absolute atomic E-state index is 7.20. The number of pyridine rings is 1. The molecule has 1 saturated carbocycles. The molecule has 1 aliphatic carbocycles. The SMILES string of the molecule is ClC1(c2ccc3c(c2)CNCc2nncn2-3)CCC(c2noc3cccnc23)CC1. The van der Waals surface area contributed by atoms with Gasteiger partial charge in [-0.25, -0.2) is 0 Å². The molecular formula is C22H21ClN6O. The minimum absolute atomic E-state index is 0.329. The largest absolute Gasteiger partial charge is 0.354 e. The van der Waals surface area contributed by atoms with Crippen molar-refractivity contribution < 1.29 is 4.52 Å². The highest BCUT2D eigenvalue weighted by Crippen LogP contribution is 2.48. The molecule has 8 heteroatoms. The molecule has 7 nitrogen and oxygen atoms in total. The van der Waals surface area contributed by atoms with Crippen LogP contribution >= 0.6 is 11.6 Å². The molecule has 0 radical (unpaired) electrons. The summed E-state index contributed by atoms with van der Waals surface area (Å²) in [7, 11) is 0. The van der Waals surface area contributed by atoms with Gasteiger partial charge in [-0.1, -0.05) is 17.3 Å². The van der Waals surface area contributed by atoms with Crippen LogP contribution in [0.5, 0.6) is 0 Å². The van der Waals surface area contributed by atoms with Gasteiger partial charge in [0.15, 0.2) is 11.4 Å². The summed E-state index contributed by atoms with van der Waals surface area (Å²) in [6, 6.07) is 10.3. The van der Waals surface area contributed by atoms with E-state index >= 15 is 0 Å². The molecule has 1 fully saturated rings. The summed E-state index contributed by atoms with van der Waals surface area (Å²) in [6.45, 7) is 1.50. The molecule has 0 spiro atoms. The summed E-state index contributed by atoms with van der Waals surface area (Å²) in [5, 5.41) is 16.0. The van der Waals surface area contributed by atoms with E-state index in [2.05, 4.69) is 48.4 Å². The number of hydrogen-bond donors (Lipinski definition) is 1. The van der Waals surface area contributed by atoms with Gasteiger partial charge in [0, 0.05) is 18.7 Å². The Morgan fingerprint density at radius 2 is 2.07 bits per heavy atom. The van der Waals surface area contributed by atoms with Gasteiger partial charge in [0.05, 0.1) is 17.1 Å². The van der Waals surface area contributed by atoms with Gasteiger partial charge in [0.25, 0.3) is 0 Å². The van der Waals surface area contributed by atoms with Crippen LogP contribution in [-0.4, -0.2) is 24.9 Å². The normalized spacial score (nSPS) is 23.7. The van der Waals surface area contributed by atoms with Crippen molar-refractivity contribution in [3.8, 4) is 5.69 Å². The molecule has 0 bridgehead atoms. The summed E-state index contributed by atoms with van der Waals surface area (Å²) in [5.74, 6) is 1.26. The monoisotopic (exact) mass is 420 g/mol. The minimum atomic E-state index is -0.360. The van der Waals surface area contributed by atoms with Crippen molar-refractivity contribution in [3.05, 3.63) is 65.5 Å². The molecular weight excluding hydrogens is 400 g/mol. The quantitative estimate of drug-likeness (QED) is 0.489.